The minimum absolute atomic E-state index is 0.0319. The van der Waals surface area contributed by atoms with Crippen molar-refractivity contribution in [3.63, 3.8) is 0 Å². The smallest absolute Gasteiger partial charge is 0.416 e. The number of cyclic esters (lactones) is 1. The van der Waals surface area contributed by atoms with Crippen molar-refractivity contribution < 1.29 is 23.8 Å². The summed E-state index contributed by atoms with van der Waals surface area (Å²) < 4.78 is 15.5. The fourth-order valence-electron chi connectivity index (χ4n) is 3.28. The number of ether oxygens (including phenoxy) is 3. The summed E-state index contributed by atoms with van der Waals surface area (Å²) in [5.74, 6) is -0.574. The van der Waals surface area contributed by atoms with E-state index < -0.39 is 30.4 Å². The average Bonchev–Trinajstić information content (AvgIpc) is 3.06. The Bertz CT molecular complexity index is 704. The average molecular weight is 390 g/mol. The number of rotatable bonds is 10. The van der Waals surface area contributed by atoms with Gasteiger partial charge in [-0.2, -0.15) is 0 Å². The number of azide groups is 1. The summed E-state index contributed by atoms with van der Waals surface area (Å²) in [6, 6.07) is 8.10. The second-order valence-electron chi connectivity index (χ2n) is 6.83. The Morgan fingerprint density at radius 2 is 2.00 bits per heavy atom. The fourth-order valence-corrected chi connectivity index (χ4v) is 3.28. The van der Waals surface area contributed by atoms with Gasteiger partial charge < -0.3 is 14.2 Å². The standard InChI is InChI=1S/C19H26N4O5/c1-13(10-17(26-2)27-3)9-16(21-22-20)18(24)23-15(12-28-19(23)25)11-14-7-5-4-6-8-14/h4-8,13,15-17H,9-12H2,1-3H3/t13?,15-,16-/m0/s1. The summed E-state index contributed by atoms with van der Waals surface area (Å²) in [4.78, 5) is 29.1. The van der Waals surface area contributed by atoms with Gasteiger partial charge in [-0.05, 0) is 29.9 Å². The van der Waals surface area contributed by atoms with Gasteiger partial charge in [-0.15, -0.1) is 0 Å². The van der Waals surface area contributed by atoms with Crippen LogP contribution in [0.4, 0.5) is 4.79 Å². The number of carbonyl (C=O) groups excluding carboxylic acids is 2. The van der Waals surface area contributed by atoms with E-state index in [-0.39, 0.29) is 18.9 Å². The summed E-state index contributed by atoms with van der Waals surface area (Å²) in [7, 11) is 3.07. The summed E-state index contributed by atoms with van der Waals surface area (Å²) in [6.07, 6.45) is 0.151. The normalized spacial score (nSPS) is 18.5. The first-order chi connectivity index (χ1) is 13.5. The van der Waals surface area contributed by atoms with Crippen LogP contribution in [0.2, 0.25) is 0 Å². The van der Waals surface area contributed by atoms with Gasteiger partial charge in [-0.25, -0.2) is 9.69 Å². The molecule has 1 aliphatic rings. The number of imide groups is 1. The van der Waals surface area contributed by atoms with Crippen molar-refractivity contribution in [2.75, 3.05) is 20.8 Å². The molecule has 0 N–H and O–H groups in total. The molecule has 152 valence electrons. The number of nitrogens with zero attached hydrogens (tertiary/aromatic N) is 4. The van der Waals surface area contributed by atoms with Gasteiger partial charge in [0.1, 0.15) is 12.6 Å². The third kappa shape index (κ3) is 5.69. The van der Waals surface area contributed by atoms with Gasteiger partial charge in [0, 0.05) is 25.6 Å². The first kappa shape index (κ1) is 21.7. The van der Waals surface area contributed by atoms with Crippen LogP contribution in [-0.2, 0) is 25.4 Å². The van der Waals surface area contributed by atoms with Crippen molar-refractivity contribution in [2.45, 2.75) is 44.6 Å². The van der Waals surface area contributed by atoms with E-state index in [9.17, 15) is 9.59 Å². The number of carbonyl (C=O) groups is 2. The van der Waals surface area contributed by atoms with E-state index >= 15 is 0 Å². The molecule has 0 radical (unpaired) electrons. The number of benzene rings is 1. The molecule has 28 heavy (non-hydrogen) atoms. The highest BCUT2D eigenvalue weighted by Gasteiger charge is 2.41. The van der Waals surface area contributed by atoms with Crippen LogP contribution in [0.15, 0.2) is 35.4 Å². The first-order valence-electron chi connectivity index (χ1n) is 9.13. The summed E-state index contributed by atoms with van der Waals surface area (Å²) in [5.41, 5.74) is 9.89. The lowest BCUT2D eigenvalue weighted by atomic mass is 9.97. The van der Waals surface area contributed by atoms with Crippen molar-refractivity contribution in [3.8, 4) is 0 Å². The minimum atomic E-state index is -1.00. The Kier molecular flexibility index (Phi) is 8.25. The van der Waals surface area contributed by atoms with Gasteiger partial charge in [0.05, 0.1) is 6.04 Å². The van der Waals surface area contributed by atoms with Gasteiger partial charge in [0.25, 0.3) is 0 Å². The second kappa shape index (κ2) is 10.7. The molecule has 1 heterocycles. The largest absolute Gasteiger partial charge is 0.447 e. The van der Waals surface area contributed by atoms with Crippen LogP contribution < -0.4 is 0 Å². The summed E-state index contributed by atoms with van der Waals surface area (Å²) in [6.45, 7) is 2.02. The zero-order valence-electron chi connectivity index (χ0n) is 16.4. The third-order valence-electron chi connectivity index (χ3n) is 4.73. The van der Waals surface area contributed by atoms with E-state index in [0.29, 0.717) is 12.8 Å². The molecular formula is C19H26N4O5. The monoisotopic (exact) mass is 390 g/mol. The molecule has 1 aromatic carbocycles. The number of hydrogen-bond donors (Lipinski definition) is 0. The third-order valence-corrected chi connectivity index (χ3v) is 4.73. The van der Waals surface area contributed by atoms with E-state index in [4.69, 9.17) is 19.7 Å². The Balaban J connectivity index is 2.10. The first-order valence-corrected chi connectivity index (χ1v) is 9.13. The molecule has 0 aromatic heterocycles. The minimum Gasteiger partial charge on any atom is -0.447 e. The Morgan fingerprint density at radius 3 is 2.61 bits per heavy atom. The second-order valence-corrected chi connectivity index (χ2v) is 6.83. The summed E-state index contributed by atoms with van der Waals surface area (Å²) >= 11 is 0. The Hall–Kier alpha value is -2.61. The van der Waals surface area contributed by atoms with Gasteiger partial charge >= 0.3 is 6.09 Å². The molecule has 1 unspecified atom stereocenters. The van der Waals surface area contributed by atoms with Crippen molar-refractivity contribution in [1.29, 1.82) is 0 Å². The van der Waals surface area contributed by atoms with Crippen LogP contribution >= 0.6 is 0 Å². The van der Waals surface area contributed by atoms with Crippen molar-refractivity contribution >= 4 is 12.0 Å². The van der Waals surface area contributed by atoms with Crippen molar-refractivity contribution in [1.82, 2.24) is 4.90 Å². The molecule has 9 heteroatoms. The molecule has 3 atom stereocenters. The van der Waals surface area contributed by atoms with Crippen LogP contribution in [0, 0.1) is 5.92 Å². The zero-order chi connectivity index (χ0) is 20.5. The van der Waals surface area contributed by atoms with Gasteiger partial charge in [-0.3, -0.25) is 4.79 Å². The molecular weight excluding hydrogens is 364 g/mol. The van der Waals surface area contributed by atoms with Gasteiger partial charge in [0.15, 0.2) is 6.29 Å². The van der Waals surface area contributed by atoms with Gasteiger partial charge in [0.2, 0.25) is 5.91 Å². The molecule has 0 aliphatic carbocycles. The fraction of sp³-hybridized carbons (Fsp3) is 0.579. The van der Waals surface area contributed by atoms with Crippen molar-refractivity contribution in [2.24, 2.45) is 11.0 Å². The highest BCUT2D eigenvalue weighted by Crippen LogP contribution is 2.23. The van der Waals surface area contributed by atoms with E-state index in [0.717, 1.165) is 10.5 Å². The lowest BCUT2D eigenvalue weighted by Crippen LogP contribution is -2.45. The highest BCUT2D eigenvalue weighted by molar-refractivity contribution is 5.96. The zero-order valence-corrected chi connectivity index (χ0v) is 16.4. The molecule has 2 rings (SSSR count). The summed E-state index contributed by atoms with van der Waals surface area (Å²) in [5, 5.41) is 3.64. The number of amides is 2. The number of hydrogen-bond acceptors (Lipinski definition) is 6. The molecule has 0 bridgehead atoms. The maximum Gasteiger partial charge on any atom is 0.416 e. The lowest BCUT2D eigenvalue weighted by Gasteiger charge is -2.25. The lowest BCUT2D eigenvalue weighted by molar-refractivity contribution is -0.132. The Morgan fingerprint density at radius 1 is 1.32 bits per heavy atom. The van der Waals surface area contributed by atoms with Crippen LogP contribution in [0.1, 0.15) is 25.3 Å². The quantitative estimate of drug-likeness (QED) is 0.263. The predicted molar refractivity (Wildman–Crippen MR) is 101 cm³/mol. The van der Waals surface area contributed by atoms with Crippen LogP contribution in [0.25, 0.3) is 10.4 Å². The molecule has 0 saturated carbocycles. The van der Waals surface area contributed by atoms with Crippen LogP contribution in [0.3, 0.4) is 0 Å². The predicted octanol–water partition coefficient (Wildman–Crippen LogP) is 3.29. The molecule has 9 nitrogen and oxygen atoms in total. The molecule has 0 spiro atoms. The molecule has 1 aromatic rings. The van der Waals surface area contributed by atoms with E-state index in [1.165, 1.54) is 14.2 Å². The highest BCUT2D eigenvalue weighted by atomic mass is 16.7. The van der Waals surface area contributed by atoms with E-state index in [1.54, 1.807) is 0 Å². The molecule has 2 amide bonds. The Labute approximate surface area is 164 Å². The van der Waals surface area contributed by atoms with Crippen LogP contribution in [-0.4, -0.2) is 56.1 Å². The van der Waals surface area contributed by atoms with E-state index in [2.05, 4.69) is 10.0 Å². The number of methoxy groups -OCH3 is 2. The maximum atomic E-state index is 13.0. The topological polar surface area (TPSA) is 114 Å². The van der Waals surface area contributed by atoms with Crippen LogP contribution in [0.5, 0.6) is 0 Å². The van der Waals surface area contributed by atoms with Gasteiger partial charge in [-0.1, -0.05) is 42.4 Å². The van der Waals surface area contributed by atoms with E-state index in [1.807, 2.05) is 37.3 Å². The SMILES string of the molecule is COC(CC(C)C[C@H](N=[N+]=[N-])C(=O)N1C(=O)OC[C@@H]1Cc1ccccc1)OC. The maximum absolute atomic E-state index is 13.0. The molecule has 1 aliphatic heterocycles. The molecule has 1 saturated heterocycles. The van der Waals surface area contributed by atoms with Crippen molar-refractivity contribution in [3.05, 3.63) is 46.3 Å². The molecule has 1 fully saturated rings.